The summed E-state index contributed by atoms with van der Waals surface area (Å²) in [5.41, 5.74) is 6.82. The predicted octanol–water partition coefficient (Wildman–Crippen LogP) is 2.33. The zero-order valence-electron chi connectivity index (χ0n) is 12.4. The van der Waals surface area contributed by atoms with Crippen molar-refractivity contribution in [1.29, 1.82) is 5.26 Å². The van der Waals surface area contributed by atoms with E-state index in [1.54, 1.807) is 18.2 Å². The number of nitrogens with one attached hydrogen (secondary N) is 1. The molecule has 0 aliphatic heterocycles. The maximum absolute atomic E-state index is 12.0. The van der Waals surface area contributed by atoms with Gasteiger partial charge in [-0.05, 0) is 18.2 Å². The van der Waals surface area contributed by atoms with Gasteiger partial charge in [-0.15, -0.1) is 0 Å². The second-order valence-corrected chi connectivity index (χ2v) is 5.03. The van der Waals surface area contributed by atoms with Crippen LogP contribution >= 0.6 is 11.6 Å². The Morgan fingerprint density at radius 3 is 2.70 bits per heavy atom. The number of benzene rings is 1. The highest BCUT2D eigenvalue weighted by Gasteiger charge is 2.23. The number of methoxy groups -OCH3 is 1. The first-order valence-corrected chi connectivity index (χ1v) is 6.83. The number of anilines is 2. The number of nitrogens with two attached hydrogens (primary N) is 1. The van der Waals surface area contributed by atoms with Crippen LogP contribution in [0.4, 0.5) is 11.4 Å². The van der Waals surface area contributed by atoms with Crippen LogP contribution in [0, 0.1) is 11.3 Å². The van der Waals surface area contributed by atoms with E-state index in [2.05, 4.69) is 5.32 Å². The number of carbonyl (C=O) groups excluding carboxylic acids is 2. The first-order valence-electron chi connectivity index (χ1n) is 6.45. The number of carbonyl (C=O) groups is 2. The summed E-state index contributed by atoms with van der Waals surface area (Å²) in [5.74, 6) is -0.957. The zero-order valence-corrected chi connectivity index (χ0v) is 13.1. The molecule has 0 aliphatic rings. The Hall–Kier alpha value is -2.98. The number of rotatable bonds is 3. The summed E-state index contributed by atoms with van der Waals surface area (Å²) in [6.45, 7) is 1.37. The number of esters is 1. The molecule has 0 atom stereocenters. The Morgan fingerprint density at radius 2 is 2.13 bits per heavy atom. The van der Waals surface area contributed by atoms with Gasteiger partial charge in [-0.3, -0.25) is 4.79 Å². The fourth-order valence-electron chi connectivity index (χ4n) is 2.08. The molecule has 0 radical (unpaired) electrons. The van der Waals surface area contributed by atoms with E-state index in [0.29, 0.717) is 16.4 Å². The van der Waals surface area contributed by atoms with Gasteiger partial charge in [0.15, 0.2) is 5.69 Å². The lowest BCUT2D eigenvalue weighted by Gasteiger charge is -2.12. The van der Waals surface area contributed by atoms with Gasteiger partial charge in [0.1, 0.15) is 6.07 Å². The summed E-state index contributed by atoms with van der Waals surface area (Å²) in [6.07, 6.45) is 1.39. The van der Waals surface area contributed by atoms with E-state index >= 15 is 0 Å². The van der Waals surface area contributed by atoms with E-state index in [9.17, 15) is 9.59 Å². The third-order valence-corrected chi connectivity index (χ3v) is 3.39. The number of halogens is 1. The first-order chi connectivity index (χ1) is 10.9. The van der Waals surface area contributed by atoms with Gasteiger partial charge >= 0.3 is 5.97 Å². The van der Waals surface area contributed by atoms with Crippen molar-refractivity contribution in [1.82, 2.24) is 4.57 Å². The topological polar surface area (TPSA) is 110 Å². The van der Waals surface area contributed by atoms with Crippen molar-refractivity contribution in [3.05, 3.63) is 40.7 Å². The lowest BCUT2D eigenvalue weighted by atomic mass is 10.2. The number of nitrogen functional groups attached to an aromatic ring is 1. The van der Waals surface area contributed by atoms with Gasteiger partial charge < -0.3 is 20.4 Å². The van der Waals surface area contributed by atoms with Crippen molar-refractivity contribution in [2.75, 3.05) is 18.2 Å². The average Bonchev–Trinajstić information content (AvgIpc) is 2.84. The van der Waals surface area contributed by atoms with Gasteiger partial charge in [0.25, 0.3) is 0 Å². The van der Waals surface area contributed by atoms with E-state index in [4.69, 9.17) is 27.3 Å². The molecule has 7 nitrogen and oxygen atoms in total. The summed E-state index contributed by atoms with van der Waals surface area (Å²) in [6, 6.07) is 6.65. The molecule has 0 saturated carbocycles. The molecular weight excluding hydrogens is 320 g/mol. The summed E-state index contributed by atoms with van der Waals surface area (Å²) >= 11 is 6.18. The SMILES string of the molecule is COC(=O)c1c(N)c(C#N)cn1-c1cc(NC(C)=O)ccc1Cl. The van der Waals surface area contributed by atoms with Crippen molar-refractivity contribution in [3.63, 3.8) is 0 Å². The quantitative estimate of drug-likeness (QED) is 0.838. The minimum atomic E-state index is -0.704. The van der Waals surface area contributed by atoms with E-state index in [-0.39, 0.29) is 22.9 Å². The molecule has 1 heterocycles. The number of nitriles is 1. The number of aromatic nitrogens is 1. The summed E-state index contributed by atoms with van der Waals surface area (Å²) < 4.78 is 6.08. The lowest BCUT2D eigenvalue weighted by molar-refractivity contribution is -0.114. The summed E-state index contributed by atoms with van der Waals surface area (Å²) in [5, 5.41) is 12.0. The lowest BCUT2D eigenvalue weighted by Crippen LogP contribution is -2.12. The number of ether oxygens (including phenoxy) is 1. The molecule has 1 aromatic carbocycles. The van der Waals surface area contributed by atoms with Crippen LogP contribution < -0.4 is 11.1 Å². The molecule has 23 heavy (non-hydrogen) atoms. The molecule has 0 fully saturated rings. The molecule has 3 N–H and O–H groups in total. The van der Waals surface area contributed by atoms with Gasteiger partial charge in [-0.25, -0.2) is 4.79 Å². The molecule has 0 unspecified atom stereocenters. The van der Waals surface area contributed by atoms with Crippen molar-refractivity contribution in [2.24, 2.45) is 0 Å². The molecule has 0 bridgehead atoms. The number of hydrogen-bond donors (Lipinski definition) is 2. The zero-order chi connectivity index (χ0) is 17.1. The largest absolute Gasteiger partial charge is 0.464 e. The maximum Gasteiger partial charge on any atom is 0.357 e. The fraction of sp³-hybridized carbons (Fsp3) is 0.133. The smallest absolute Gasteiger partial charge is 0.357 e. The minimum Gasteiger partial charge on any atom is -0.464 e. The summed E-state index contributed by atoms with van der Waals surface area (Å²) in [4.78, 5) is 23.2. The Labute approximate surface area is 137 Å². The Bertz CT molecular complexity index is 836. The van der Waals surface area contributed by atoms with Crippen LogP contribution in [0.2, 0.25) is 5.02 Å². The molecule has 2 aromatic rings. The number of hydrogen-bond acceptors (Lipinski definition) is 5. The summed E-state index contributed by atoms with van der Waals surface area (Å²) in [7, 11) is 1.21. The second-order valence-electron chi connectivity index (χ2n) is 4.63. The molecule has 2 rings (SSSR count). The highest BCUT2D eigenvalue weighted by Crippen LogP contribution is 2.30. The van der Waals surface area contributed by atoms with Crippen LogP contribution in [0.1, 0.15) is 23.0 Å². The van der Waals surface area contributed by atoms with E-state index < -0.39 is 5.97 Å². The number of nitrogens with zero attached hydrogens (tertiary/aromatic N) is 2. The average molecular weight is 333 g/mol. The minimum absolute atomic E-state index is 0.000321. The Morgan fingerprint density at radius 1 is 1.43 bits per heavy atom. The van der Waals surface area contributed by atoms with E-state index in [1.165, 1.54) is 24.8 Å². The predicted molar refractivity (Wildman–Crippen MR) is 85.5 cm³/mol. The Kier molecular flexibility index (Phi) is 4.57. The van der Waals surface area contributed by atoms with Crippen LogP contribution in [0.15, 0.2) is 24.4 Å². The molecule has 0 aliphatic carbocycles. The molecule has 0 saturated heterocycles. The molecule has 118 valence electrons. The van der Waals surface area contributed by atoms with E-state index in [1.807, 2.05) is 6.07 Å². The van der Waals surface area contributed by atoms with Gasteiger partial charge in [-0.1, -0.05) is 11.6 Å². The number of amides is 1. The fourth-order valence-corrected chi connectivity index (χ4v) is 2.29. The van der Waals surface area contributed by atoms with E-state index in [0.717, 1.165) is 0 Å². The van der Waals surface area contributed by atoms with Crippen LogP contribution in [-0.2, 0) is 9.53 Å². The van der Waals surface area contributed by atoms with Crippen molar-refractivity contribution >= 4 is 34.9 Å². The van der Waals surface area contributed by atoms with Crippen molar-refractivity contribution in [3.8, 4) is 11.8 Å². The second kappa shape index (κ2) is 6.42. The molecule has 1 aromatic heterocycles. The first kappa shape index (κ1) is 16.4. The van der Waals surface area contributed by atoms with Crippen molar-refractivity contribution < 1.29 is 14.3 Å². The van der Waals surface area contributed by atoms with Gasteiger partial charge in [0.2, 0.25) is 5.91 Å². The van der Waals surface area contributed by atoms with Crippen LogP contribution in [0.5, 0.6) is 0 Å². The monoisotopic (exact) mass is 332 g/mol. The third-order valence-electron chi connectivity index (χ3n) is 3.07. The van der Waals surface area contributed by atoms with Gasteiger partial charge in [-0.2, -0.15) is 5.26 Å². The Balaban J connectivity index is 2.69. The molecule has 8 heteroatoms. The highest BCUT2D eigenvalue weighted by molar-refractivity contribution is 6.32. The van der Waals surface area contributed by atoms with Crippen LogP contribution in [0.3, 0.4) is 0 Å². The standard InChI is InChI=1S/C15H13ClN4O3/c1-8(21)19-10-3-4-11(16)12(5-10)20-7-9(6-17)13(18)14(20)15(22)23-2/h3-5,7H,18H2,1-2H3,(H,19,21). The molecular formula is C15H13ClN4O3. The van der Waals surface area contributed by atoms with Gasteiger partial charge in [0.05, 0.1) is 29.1 Å². The van der Waals surface area contributed by atoms with Crippen LogP contribution in [0.25, 0.3) is 5.69 Å². The van der Waals surface area contributed by atoms with Crippen molar-refractivity contribution in [2.45, 2.75) is 6.92 Å². The maximum atomic E-state index is 12.0. The van der Waals surface area contributed by atoms with Crippen LogP contribution in [-0.4, -0.2) is 23.6 Å². The third kappa shape index (κ3) is 3.12. The molecule has 1 amide bonds. The van der Waals surface area contributed by atoms with Gasteiger partial charge in [0, 0.05) is 18.8 Å². The highest BCUT2D eigenvalue weighted by atomic mass is 35.5. The molecule has 0 spiro atoms. The normalized spacial score (nSPS) is 10.0.